The zero-order valence-corrected chi connectivity index (χ0v) is 36.6. The lowest BCUT2D eigenvalue weighted by Gasteiger charge is -2.36. The average molecular weight is 908 g/mol. The van der Waals surface area contributed by atoms with E-state index in [1.165, 1.54) is 16.1 Å². The smallest absolute Gasteiger partial charge is 0.317 e. The number of benzene rings is 3. The molecule has 0 bridgehead atoms. The summed E-state index contributed by atoms with van der Waals surface area (Å²) in [4.78, 5) is 62.2. The molecule has 6 heterocycles. The van der Waals surface area contributed by atoms with Crippen molar-refractivity contribution in [3.05, 3.63) is 113 Å². The van der Waals surface area contributed by atoms with Crippen LogP contribution in [0.15, 0.2) is 79.1 Å². The number of likely N-dealkylation sites (tertiary alicyclic amines) is 2. The number of fused-ring (bicyclic) bond motifs is 1. The van der Waals surface area contributed by atoms with E-state index in [0.29, 0.717) is 61.3 Å². The first-order valence-corrected chi connectivity index (χ1v) is 23.7. The number of piperidine rings is 3. The van der Waals surface area contributed by atoms with Crippen LogP contribution in [0.3, 0.4) is 0 Å². The average Bonchev–Trinajstić information content (AvgIpc) is 4.02. The molecule has 5 N–H and O–H groups in total. The lowest BCUT2D eigenvalue weighted by Crippen LogP contribution is -2.50. The van der Waals surface area contributed by atoms with Crippen LogP contribution in [0.25, 0.3) is 22.2 Å². The standard InChI is InChI=1S/C47H51F2N9O6S/c48-38-11-12-39(55-65(63,64)58-19-1-2-20-58)43(49)42(38)44(60)37-27-51-45-36(37)25-33(26-50-45)31-5-3-29(4-6-31)28-56-21-17-35(18-22-56)53-47(62)57-23-15-32(16-24-57)30-7-9-34(10-8-30)52-40-13-14-41(59)54-46(40)61/h3-12,25-27,32,35,40,52,55H,1-2,13-24,28H2,(H,50,51)(H,53,62)(H,54,59,61). The van der Waals surface area contributed by atoms with Crippen LogP contribution in [-0.4, -0.2) is 107 Å². The number of hydrogen-bond donors (Lipinski definition) is 5. The molecule has 9 rings (SSSR count). The Labute approximate surface area is 375 Å². The molecule has 18 heteroatoms. The van der Waals surface area contributed by atoms with Crippen molar-refractivity contribution in [1.82, 2.24) is 34.7 Å². The first-order valence-electron chi connectivity index (χ1n) is 22.2. The number of carbonyl (C=O) groups is 4. The van der Waals surface area contributed by atoms with Gasteiger partial charge in [0.1, 0.15) is 17.5 Å². The summed E-state index contributed by atoms with van der Waals surface area (Å²) in [5, 5.41) is 9.23. The molecule has 0 saturated carbocycles. The van der Waals surface area contributed by atoms with Gasteiger partial charge in [-0.25, -0.2) is 18.6 Å². The number of pyridine rings is 1. The second-order valence-corrected chi connectivity index (χ2v) is 19.0. The molecule has 2 aromatic heterocycles. The van der Waals surface area contributed by atoms with Gasteiger partial charge in [0.15, 0.2) is 5.82 Å². The molecule has 15 nitrogen and oxygen atoms in total. The fourth-order valence-electron chi connectivity index (χ4n) is 9.32. The fraction of sp³-hybridized carbons (Fsp3) is 0.383. The number of hydrogen-bond acceptors (Lipinski definition) is 9. The molecule has 4 aliphatic rings. The van der Waals surface area contributed by atoms with Crippen molar-refractivity contribution in [3.8, 4) is 11.1 Å². The summed E-state index contributed by atoms with van der Waals surface area (Å²) in [5.41, 5.74) is 3.66. The van der Waals surface area contributed by atoms with Crippen molar-refractivity contribution in [3.63, 3.8) is 0 Å². The largest absolute Gasteiger partial charge is 0.374 e. The normalized spacial score (nSPS) is 19.4. The molecule has 65 heavy (non-hydrogen) atoms. The van der Waals surface area contributed by atoms with Gasteiger partial charge in [-0.15, -0.1) is 0 Å². The summed E-state index contributed by atoms with van der Waals surface area (Å²) in [7, 11) is -4.09. The van der Waals surface area contributed by atoms with Crippen molar-refractivity contribution in [1.29, 1.82) is 0 Å². The second kappa shape index (κ2) is 18.7. The first kappa shape index (κ1) is 44.0. The fourth-order valence-corrected chi connectivity index (χ4v) is 10.6. The number of aromatic amines is 1. The molecule has 5 aromatic rings. The number of ketones is 1. The van der Waals surface area contributed by atoms with Gasteiger partial charge < -0.3 is 20.5 Å². The summed E-state index contributed by atoms with van der Waals surface area (Å²) in [5.74, 6) is -3.55. The van der Waals surface area contributed by atoms with Crippen molar-refractivity contribution >= 4 is 56.2 Å². The Kier molecular flexibility index (Phi) is 12.7. The number of nitrogens with one attached hydrogen (secondary N) is 5. The van der Waals surface area contributed by atoms with Gasteiger partial charge in [-0.3, -0.25) is 29.3 Å². The molecular formula is C47H51F2N9O6S. The first-order chi connectivity index (χ1) is 31.4. The summed E-state index contributed by atoms with van der Waals surface area (Å²) in [6, 6.07) is 19.3. The maximum Gasteiger partial charge on any atom is 0.317 e. The predicted octanol–water partition coefficient (Wildman–Crippen LogP) is 6.26. The van der Waals surface area contributed by atoms with Gasteiger partial charge in [-0.2, -0.15) is 12.7 Å². The highest BCUT2D eigenvalue weighted by Crippen LogP contribution is 2.32. The SMILES string of the molecule is O=C1CCC(Nc2ccc(C3CCN(C(=O)NC4CCN(Cc5ccc(-c6cnc7[nH]cc(C(=O)c8c(F)ccc(NS(=O)(=O)N9CCCC9)c8F)c7c6)cc5)CC4)CC3)cc2)C(=O)N1. The van der Waals surface area contributed by atoms with E-state index in [2.05, 4.69) is 47.7 Å². The number of aromatic nitrogens is 2. The Morgan fingerprint density at radius 1 is 0.831 bits per heavy atom. The molecule has 1 unspecified atom stereocenters. The number of urea groups is 1. The van der Waals surface area contributed by atoms with Crippen molar-refractivity contribution in [2.75, 3.05) is 49.3 Å². The van der Waals surface area contributed by atoms with Gasteiger partial charge in [0.05, 0.1) is 11.3 Å². The predicted molar refractivity (Wildman–Crippen MR) is 241 cm³/mol. The minimum atomic E-state index is -4.09. The van der Waals surface area contributed by atoms with E-state index >= 15 is 8.78 Å². The van der Waals surface area contributed by atoms with Gasteiger partial charge in [-0.1, -0.05) is 36.4 Å². The number of rotatable bonds is 12. The quantitative estimate of drug-likeness (QED) is 0.0711. The molecule has 3 aromatic carbocycles. The zero-order chi connectivity index (χ0) is 45.2. The minimum Gasteiger partial charge on any atom is -0.374 e. The summed E-state index contributed by atoms with van der Waals surface area (Å²) >= 11 is 0. The van der Waals surface area contributed by atoms with Gasteiger partial charge in [0.2, 0.25) is 17.6 Å². The third kappa shape index (κ3) is 9.74. The maximum absolute atomic E-state index is 15.7. The van der Waals surface area contributed by atoms with E-state index in [1.807, 2.05) is 41.3 Å². The van der Waals surface area contributed by atoms with Crippen molar-refractivity contribution in [2.45, 2.75) is 75.9 Å². The number of amides is 4. The molecule has 1 atom stereocenters. The Morgan fingerprint density at radius 2 is 1.55 bits per heavy atom. The van der Waals surface area contributed by atoms with Crippen LogP contribution in [0.5, 0.6) is 0 Å². The summed E-state index contributed by atoms with van der Waals surface area (Å²) < 4.78 is 59.8. The molecular weight excluding hydrogens is 857 g/mol. The lowest BCUT2D eigenvalue weighted by atomic mass is 9.89. The topological polar surface area (TPSA) is 189 Å². The maximum atomic E-state index is 15.7. The van der Waals surface area contributed by atoms with Gasteiger partial charge >= 0.3 is 16.2 Å². The number of carbonyl (C=O) groups excluding carboxylic acids is 4. The highest BCUT2D eigenvalue weighted by Gasteiger charge is 2.31. The van der Waals surface area contributed by atoms with Gasteiger partial charge in [-0.05, 0) is 97.9 Å². The minimum absolute atomic E-state index is 0.00485. The van der Waals surface area contributed by atoms with Crippen LogP contribution in [0.4, 0.5) is 25.0 Å². The number of anilines is 2. The number of imide groups is 1. The summed E-state index contributed by atoms with van der Waals surface area (Å²) in [6.07, 6.45) is 8.59. The van der Waals surface area contributed by atoms with Crippen LogP contribution < -0.4 is 20.7 Å². The van der Waals surface area contributed by atoms with Crippen LogP contribution >= 0.6 is 0 Å². The number of H-pyrrole nitrogens is 1. The van der Waals surface area contributed by atoms with Gasteiger partial charge in [0.25, 0.3) is 0 Å². The third-order valence-electron chi connectivity index (χ3n) is 13.1. The molecule has 4 amide bonds. The van der Waals surface area contributed by atoms with Crippen LogP contribution in [0.1, 0.15) is 84.3 Å². The van der Waals surface area contributed by atoms with Gasteiger partial charge in [0, 0.05) is 92.9 Å². The number of halogens is 2. The van der Waals surface area contributed by atoms with Crippen LogP contribution in [-0.2, 0) is 26.3 Å². The number of nitrogens with zero attached hydrogens (tertiary/aromatic N) is 4. The van der Waals surface area contributed by atoms with Crippen molar-refractivity contribution in [2.24, 2.45) is 0 Å². The molecule has 0 spiro atoms. The van der Waals surface area contributed by atoms with E-state index in [9.17, 15) is 27.6 Å². The lowest BCUT2D eigenvalue weighted by molar-refractivity contribution is -0.133. The van der Waals surface area contributed by atoms with E-state index in [1.54, 1.807) is 12.3 Å². The van der Waals surface area contributed by atoms with E-state index in [-0.39, 0.29) is 42.5 Å². The Bertz CT molecular complexity index is 2710. The highest BCUT2D eigenvalue weighted by molar-refractivity contribution is 7.90. The monoisotopic (exact) mass is 907 g/mol. The molecule has 340 valence electrons. The van der Waals surface area contributed by atoms with Crippen LogP contribution in [0, 0.1) is 11.6 Å². The molecule has 4 fully saturated rings. The Balaban J connectivity index is 0.750. The molecule has 4 aliphatic heterocycles. The zero-order valence-electron chi connectivity index (χ0n) is 35.7. The molecule has 4 saturated heterocycles. The van der Waals surface area contributed by atoms with Crippen LogP contribution in [0.2, 0.25) is 0 Å². The Hall–Kier alpha value is -6.24. The third-order valence-corrected chi connectivity index (χ3v) is 14.6. The Morgan fingerprint density at radius 3 is 2.26 bits per heavy atom. The van der Waals surface area contributed by atoms with E-state index in [4.69, 9.17) is 0 Å². The second-order valence-electron chi connectivity index (χ2n) is 17.4. The molecule has 0 radical (unpaired) electrons. The summed E-state index contributed by atoms with van der Waals surface area (Å²) in [6.45, 7) is 4.34. The van der Waals surface area contributed by atoms with Crippen molar-refractivity contribution < 1.29 is 36.4 Å². The highest BCUT2D eigenvalue weighted by atomic mass is 32.2. The van der Waals surface area contributed by atoms with E-state index < -0.39 is 44.9 Å². The molecule has 0 aliphatic carbocycles. The van der Waals surface area contributed by atoms with E-state index in [0.717, 1.165) is 74.3 Å².